The fraction of sp³-hybridized carbons (Fsp3) is 1.00. The van der Waals surface area contributed by atoms with Crippen LogP contribution in [0.25, 0.3) is 0 Å². The molecule has 0 saturated heterocycles. The van der Waals surface area contributed by atoms with Gasteiger partial charge in [0.1, 0.15) is 0 Å². The van der Waals surface area contributed by atoms with Gasteiger partial charge >= 0.3 is 0 Å². The van der Waals surface area contributed by atoms with Crippen LogP contribution in [0, 0.1) is 5.41 Å². The van der Waals surface area contributed by atoms with Gasteiger partial charge in [-0.2, -0.15) is 0 Å². The lowest BCUT2D eigenvalue weighted by atomic mass is 9.76. The molecule has 2 nitrogen and oxygen atoms in total. The minimum absolute atomic E-state index is 0.384. The molecule has 0 amide bonds. The summed E-state index contributed by atoms with van der Waals surface area (Å²) in [5.41, 5.74) is 11.8. The van der Waals surface area contributed by atoms with E-state index in [0.717, 1.165) is 19.5 Å². The first-order valence-corrected chi connectivity index (χ1v) is 5.64. The number of rotatable bonds is 8. The van der Waals surface area contributed by atoms with E-state index in [-0.39, 0.29) is 0 Å². The molecule has 0 spiro atoms. The molecule has 0 unspecified atom stereocenters. The maximum atomic E-state index is 5.86. The average Bonchev–Trinajstić information content (AvgIpc) is 2.20. The molecule has 0 radical (unpaired) electrons. The van der Waals surface area contributed by atoms with Gasteiger partial charge in [0.15, 0.2) is 0 Å². The molecule has 0 bridgehead atoms. The van der Waals surface area contributed by atoms with E-state index in [1.165, 1.54) is 32.1 Å². The second-order valence-electron chi connectivity index (χ2n) is 4.05. The van der Waals surface area contributed by atoms with Crippen molar-refractivity contribution in [2.75, 3.05) is 13.1 Å². The summed E-state index contributed by atoms with van der Waals surface area (Å²) in [6, 6.07) is 0. The summed E-state index contributed by atoms with van der Waals surface area (Å²) in [5, 5.41) is 0. The molecule has 80 valence electrons. The average molecular weight is 186 g/mol. The molecule has 4 N–H and O–H groups in total. The SMILES string of the molecule is CCCC[C@](CC)(CN)CCCN. The van der Waals surface area contributed by atoms with Crippen LogP contribution in [0.4, 0.5) is 0 Å². The number of hydrogen-bond acceptors (Lipinski definition) is 2. The summed E-state index contributed by atoms with van der Waals surface area (Å²) in [7, 11) is 0. The Morgan fingerprint density at radius 2 is 1.62 bits per heavy atom. The van der Waals surface area contributed by atoms with Crippen molar-refractivity contribution < 1.29 is 0 Å². The molecule has 0 heterocycles. The van der Waals surface area contributed by atoms with E-state index in [0.29, 0.717) is 5.41 Å². The Morgan fingerprint density at radius 1 is 1.00 bits per heavy atom. The fourth-order valence-corrected chi connectivity index (χ4v) is 1.86. The molecule has 0 saturated carbocycles. The molecule has 1 atom stereocenters. The summed E-state index contributed by atoms with van der Waals surface area (Å²) >= 11 is 0. The highest BCUT2D eigenvalue weighted by atomic mass is 14.6. The van der Waals surface area contributed by atoms with Gasteiger partial charge in [-0.25, -0.2) is 0 Å². The molecule has 0 fully saturated rings. The van der Waals surface area contributed by atoms with Crippen LogP contribution in [0.3, 0.4) is 0 Å². The Kier molecular flexibility index (Phi) is 7.29. The molecule has 0 rings (SSSR count). The molecule has 13 heavy (non-hydrogen) atoms. The Balaban J connectivity index is 3.97. The van der Waals surface area contributed by atoms with Gasteiger partial charge in [0, 0.05) is 0 Å². The molecule has 0 aromatic carbocycles. The Labute approximate surface area is 83.1 Å². The highest BCUT2D eigenvalue weighted by molar-refractivity contribution is 4.78. The van der Waals surface area contributed by atoms with E-state index >= 15 is 0 Å². The van der Waals surface area contributed by atoms with Crippen molar-refractivity contribution in [3.63, 3.8) is 0 Å². The van der Waals surface area contributed by atoms with E-state index in [1.54, 1.807) is 0 Å². The van der Waals surface area contributed by atoms with E-state index in [4.69, 9.17) is 11.5 Å². The Bertz CT molecular complexity index is 98.7. The number of unbranched alkanes of at least 4 members (excludes halogenated alkanes) is 1. The van der Waals surface area contributed by atoms with E-state index in [2.05, 4.69) is 13.8 Å². The van der Waals surface area contributed by atoms with Gasteiger partial charge in [-0.15, -0.1) is 0 Å². The molecule has 2 heteroatoms. The first kappa shape index (κ1) is 12.9. The lowest BCUT2D eigenvalue weighted by Crippen LogP contribution is -2.30. The summed E-state index contributed by atoms with van der Waals surface area (Å²) in [6.45, 7) is 6.11. The molecule has 0 aromatic rings. The zero-order valence-corrected chi connectivity index (χ0v) is 9.31. The molecular formula is C11H26N2. The third-order valence-electron chi connectivity index (χ3n) is 3.15. The molecule has 0 aliphatic carbocycles. The van der Waals surface area contributed by atoms with Crippen LogP contribution < -0.4 is 11.5 Å². The number of nitrogens with two attached hydrogens (primary N) is 2. The zero-order chi connectivity index (χ0) is 10.2. The van der Waals surface area contributed by atoms with Gasteiger partial charge in [0.25, 0.3) is 0 Å². The Hall–Kier alpha value is -0.0800. The van der Waals surface area contributed by atoms with Gasteiger partial charge in [-0.05, 0) is 44.2 Å². The van der Waals surface area contributed by atoms with Crippen molar-refractivity contribution in [3.8, 4) is 0 Å². The second-order valence-corrected chi connectivity index (χ2v) is 4.05. The molecule has 0 aliphatic rings. The monoisotopic (exact) mass is 186 g/mol. The summed E-state index contributed by atoms with van der Waals surface area (Å²) in [4.78, 5) is 0. The van der Waals surface area contributed by atoms with Crippen LogP contribution in [0.2, 0.25) is 0 Å². The van der Waals surface area contributed by atoms with Crippen molar-refractivity contribution in [2.45, 2.75) is 52.4 Å². The Morgan fingerprint density at radius 3 is 2.00 bits per heavy atom. The van der Waals surface area contributed by atoms with Crippen LogP contribution in [-0.4, -0.2) is 13.1 Å². The van der Waals surface area contributed by atoms with E-state index < -0.39 is 0 Å². The van der Waals surface area contributed by atoms with Crippen molar-refractivity contribution in [2.24, 2.45) is 16.9 Å². The molecule has 0 aromatic heterocycles. The van der Waals surface area contributed by atoms with E-state index in [9.17, 15) is 0 Å². The standard InChI is InChI=1S/C11H26N2/c1-3-5-7-11(4-2,10-13)8-6-9-12/h3-10,12-13H2,1-2H3/t11-/m0/s1. The van der Waals surface area contributed by atoms with Gasteiger partial charge in [-0.3, -0.25) is 0 Å². The highest BCUT2D eigenvalue weighted by Gasteiger charge is 2.24. The summed E-state index contributed by atoms with van der Waals surface area (Å²) in [5.74, 6) is 0. The van der Waals surface area contributed by atoms with Gasteiger partial charge in [0.05, 0.1) is 0 Å². The lowest BCUT2D eigenvalue weighted by molar-refractivity contribution is 0.228. The first-order valence-electron chi connectivity index (χ1n) is 5.64. The van der Waals surface area contributed by atoms with Crippen LogP contribution in [-0.2, 0) is 0 Å². The number of hydrogen-bond donors (Lipinski definition) is 2. The molecular weight excluding hydrogens is 160 g/mol. The maximum Gasteiger partial charge on any atom is -0.00206 e. The normalized spacial score (nSPS) is 15.7. The van der Waals surface area contributed by atoms with Crippen LogP contribution >= 0.6 is 0 Å². The third-order valence-corrected chi connectivity index (χ3v) is 3.15. The van der Waals surface area contributed by atoms with Crippen LogP contribution in [0.5, 0.6) is 0 Å². The predicted molar refractivity (Wildman–Crippen MR) is 59.6 cm³/mol. The van der Waals surface area contributed by atoms with Crippen molar-refractivity contribution in [3.05, 3.63) is 0 Å². The lowest BCUT2D eigenvalue weighted by Gasteiger charge is -2.31. The van der Waals surface area contributed by atoms with E-state index in [1.807, 2.05) is 0 Å². The fourth-order valence-electron chi connectivity index (χ4n) is 1.86. The zero-order valence-electron chi connectivity index (χ0n) is 9.31. The molecule has 0 aliphatic heterocycles. The minimum atomic E-state index is 0.384. The van der Waals surface area contributed by atoms with Crippen molar-refractivity contribution >= 4 is 0 Å². The van der Waals surface area contributed by atoms with Crippen LogP contribution in [0.15, 0.2) is 0 Å². The summed E-state index contributed by atoms with van der Waals surface area (Å²) in [6.07, 6.45) is 7.37. The predicted octanol–water partition coefficient (Wildman–Crippen LogP) is 2.27. The highest BCUT2D eigenvalue weighted by Crippen LogP contribution is 2.32. The maximum absolute atomic E-state index is 5.86. The topological polar surface area (TPSA) is 52.0 Å². The smallest absolute Gasteiger partial charge is 0.00206 e. The second kappa shape index (κ2) is 7.34. The minimum Gasteiger partial charge on any atom is -0.330 e. The quantitative estimate of drug-likeness (QED) is 0.611. The third kappa shape index (κ3) is 4.63. The van der Waals surface area contributed by atoms with Gasteiger partial charge in [0.2, 0.25) is 0 Å². The van der Waals surface area contributed by atoms with Gasteiger partial charge in [-0.1, -0.05) is 26.7 Å². The summed E-state index contributed by atoms with van der Waals surface area (Å²) < 4.78 is 0. The largest absolute Gasteiger partial charge is 0.330 e. The van der Waals surface area contributed by atoms with Crippen molar-refractivity contribution in [1.82, 2.24) is 0 Å². The van der Waals surface area contributed by atoms with Crippen LogP contribution in [0.1, 0.15) is 52.4 Å². The van der Waals surface area contributed by atoms with Crippen molar-refractivity contribution in [1.29, 1.82) is 0 Å². The first-order chi connectivity index (χ1) is 6.24. The van der Waals surface area contributed by atoms with Gasteiger partial charge < -0.3 is 11.5 Å².